The quantitative estimate of drug-likeness (QED) is 0.313. The average molecular weight is 543 g/mol. The van der Waals surface area contributed by atoms with Crippen molar-refractivity contribution in [3.8, 4) is 11.5 Å². The SMILES string of the molecule is CCN1CC(=O)N(C(=O)NC(C(=O)N[C@H]2Cc3cccc(C(=O)O)c3OB2O)c2ncc(O)cc2F)[C@@H](C)C1. The van der Waals surface area contributed by atoms with Gasteiger partial charge in [-0.15, -0.1) is 0 Å². The van der Waals surface area contributed by atoms with E-state index < -0.39 is 66.2 Å². The molecule has 0 radical (unpaired) electrons. The summed E-state index contributed by atoms with van der Waals surface area (Å²) in [5.41, 5.74) is -0.308. The highest BCUT2D eigenvalue weighted by Gasteiger charge is 2.41. The van der Waals surface area contributed by atoms with Crippen LogP contribution in [0.25, 0.3) is 0 Å². The maximum atomic E-state index is 14.8. The zero-order chi connectivity index (χ0) is 28.4. The number of fused-ring (bicyclic) bond motifs is 1. The highest BCUT2D eigenvalue weighted by atomic mass is 19.1. The molecule has 1 saturated heterocycles. The number of pyridine rings is 1. The second kappa shape index (κ2) is 11.2. The fraction of sp³-hybridized carbons (Fsp3) is 0.375. The molecule has 1 unspecified atom stereocenters. The van der Waals surface area contributed by atoms with E-state index in [0.29, 0.717) is 24.7 Å². The van der Waals surface area contributed by atoms with E-state index in [2.05, 4.69) is 15.6 Å². The van der Waals surface area contributed by atoms with E-state index in [9.17, 15) is 38.8 Å². The number of aromatic nitrogens is 1. The number of likely N-dealkylation sites (N-methyl/N-ethyl adjacent to an activating group) is 1. The van der Waals surface area contributed by atoms with Crippen molar-refractivity contribution in [2.24, 2.45) is 0 Å². The Bertz CT molecular complexity index is 1310. The normalized spacial score (nSPS) is 20.1. The summed E-state index contributed by atoms with van der Waals surface area (Å²) >= 11 is 0. The number of carboxylic acids is 1. The molecule has 39 heavy (non-hydrogen) atoms. The molecule has 0 bridgehead atoms. The second-order valence-electron chi connectivity index (χ2n) is 9.31. The number of benzene rings is 1. The van der Waals surface area contributed by atoms with Gasteiger partial charge < -0.3 is 30.5 Å². The number of carboxylic acid groups (broad SMARTS) is 1. The summed E-state index contributed by atoms with van der Waals surface area (Å²) in [5, 5.41) is 34.3. The summed E-state index contributed by atoms with van der Waals surface area (Å²) < 4.78 is 20.2. The number of amides is 4. The fourth-order valence-electron chi connectivity index (χ4n) is 4.67. The lowest BCUT2D eigenvalue weighted by Gasteiger charge is -2.38. The fourth-order valence-corrected chi connectivity index (χ4v) is 4.67. The zero-order valence-electron chi connectivity index (χ0n) is 21.1. The molecule has 2 aliphatic heterocycles. The number of piperazine rings is 1. The van der Waals surface area contributed by atoms with Crippen molar-refractivity contribution < 1.29 is 43.5 Å². The third-order valence-corrected chi connectivity index (χ3v) is 6.59. The number of carbonyl (C=O) groups is 4. The summed E-state index contributed by atoms with van der Waals surface area (Å²) in [6.45, 7) is 4.52. The number of aromatic hydroxyl groups is 1. The lowest BCUT2D eigenvalue weighted by molar-refractivity contribution is -0.135. The first-order valence-corrected chi connectivity index (χ1v) is 12.2. The van der Waals surface area contributed by atoms with Crippen LogP contribution in [-0.2, 0) is 16.0 Å². The molecular weight excluding hydrogens is 516 g/mol. The molecular formula is C24H27BFN5O8. The van der Waals surface area contributed by atoms with Crippen LogP contribution in [0.4, 0.5) is 9.18 Å². The number of aromatic carboxylic acids is 1. The van der Waals surface area contributed by atoms with Gasteiger partial charge in [-0.05, 0) is 31.5 Å². The maximum Gasteiger partial charge on any atom is 0.547 e. The van der Waals surface area contributed by atoms with E-state index in [4.69, 9.17) is 4.65 Å². The molecule has 4 rings (SSSR count). The topological polar surface area (TPSA) is 182 Å². The second-order valence-corrected chi connectivity index (χ2v) is 9.31. The third-order valence-electron chi connectivity index (χ3n) is 6.59. The Hall–Kier alpha value is -4.24. The molecule has 0 saturated carbocycles. The Morgan fingerprint density at radius 3 is 2.72 bits per heavy atom. The van der Waals surface area contributed by atoms with Gasteiger partial charge in [-0.25, -0.2) is 14.0 Å². The highest BCUT2D eigenvalue weighted by Crippen LogP contribution is 2.30. The molecule has 1 aromatic carbocycles. The summed E-state index contributed by atoms with van der Waals surface area (Å²) in [4.78, 5) is 57.3. The smallest absolute Gasteiger partial charge is 0.534 e. The number of hydrogen-bond acceptors (Lipinski definition) is 9. The number of para-hydroxylation sites is 1. The van der Waals surface area contributed by atoms with Crippen molar-refractivity contribution in [3.05, 3.63) is 53.1 Å². The van der Waals surface area contributed by atoms with Crippen LogP contribution in [0.5, 0.6) is 11.5 Å². The van der Waals surface area contributed by atoms with Gasteiger partial charge in [0, 0.05) is 12.6 Å². The number of rotatable bonds is 6. The Balaban J connectivity index is 1.58. The first-order valence-electron chi connectivity index (χ1n) is 12.2. The predicted molar refractivity (Wildman–Crippen MR) is 133 cm³/mol. The minimum absolute atomic E-state index is 0.0136. The van der Waals surface area contributed by atoms with Crippen molar-refractivity contribution in [2.75, 3.05) is 19.6 Å². The van der Waals surface area contributed by atoms with Gasteiger partial charge in [0.15, 0.2) is 11.9 Å². The van der Waals surface area contributed by atoms with Crippen molar-refractivity contribution in [1.82, 2.24) is 25.4 Å². The highest BCUT2D eigenvalue weighted by molar-refractivity contribution is 6.47. The molecule has 13 nitrogen and oxygen atoms in total. The van der Waals surface area contributed by atoms with Gasteiger partial charge in [0.05, 0.1) is 30.3 Å². The van der Waals surface area contributed by atoms with Crippen LogP contribution in [0.15, 0.2) is 30.5 Å². The zero-order valence-corrected chi connectivity index (χ0v) is 21.1. The van der Waals surface area contributed by atoms with Crippen LogP contribution >= 0.6 is 0 Å². The van der Waals surface area contributed by atoms with Crippen LogP contribution < -0.4 is 15.3 Å². The molecule has 206 valence electrons. The molecule has 2 aromatic rings. The van der Waals surface area contributed by atoms with Crippen LogP contribution in [-0.4, -0.2) is 92.6 Å². The summed E-state index contributed by atoms with van der Waals surface area (Å²) in [6.07, 6.45) is 0.852. The molecule has 3 atom stereocenters. The Morgan fingerprint density at radius 2 is 2.08 bits per heavy atom. The van der Waals surface area contributed by atoms with Gasteiger partial charge in [-0.3, -0.25) is 24.4 Å². The molecule has 15 heteroatoms. The number of urea groups is 1. The van der Waals surface area contributed by atoms with Crippen LogP contribution in [0.1, 0.15) is 41.5 Å². The molecule has 2 aliphatic rings. The lowest BCUT2D eigenvalue weighted by atomic mass is 9.72. The average Bonchev–Trinajstić information content (AvgIpc) is 2.87. The molecule has 0 spiro atoms. The number of imide groups is 1. The van der Waals surface area contributed by atoms with Crippen molar-refractivity contribution in [2.45, 2.75) is 38.3 Å². The lowest BCUT2D eigenvalue weighted by Crippen LogP contribution is -2.61. The standard InChI is InChI=1S/C24H27BFN5O8/c1-3-30-10-12(2)31(18(33)11-30)24(37)29-20(19-16(26)8-14(32)9-27-19)22(34)28-17-7-13-5-4-6-15(23(35)36)21(13)39-25(17)38/h4-6,8-9,12,17,20,32,38H,3,7,10-11H2,1-2H3,(H,28,34)(H,29,37)(H,35,36)/t12-,17-,20?/m0/s1. The minimum Gasteiger partial charge on any atom is -0.534 e. The minimum atomic E-state index is -1.76. The van der Waals surface area contributed by atoms with E-state index >= 15 is 0 Å². The monoisotopic (exact) mass is 543 g/mol. The van der Waals surface area contributed by atoms with Crippen molar-refractivity contribution >= 4 is 30.9 Å². The summed E-state index contributed by atoms with van der Waals surface area (Å²) in [6, 6.07) is 1.82. The summed E-state index contributed by atoms with van der Waals surface area (Å²) in [5.74, 6) is -5.51. The van der Waals surface area contributed by atoms with E-state index in [0.717, 1.165) is 11.1 Å². The van der Waals surface area contributed by atoms with Gasteiger partial charge in [0.2, 0.25) is 11.8 Å². The van der Waals surface area contributed by atoms with E-state index in [-0.39, 0.29) is 24.3 Å². The molecule has 4 amide bonds. The number of nitrogens with one attached hydrogen (secondary N) is 2. The van der Waals surface area contributed by atoms with Crippen LogP contribution in [0, 0.1) is 5.82 Å². The first-order chi connectivity index (χ1) is 18.5. The number of hydrogen-bond donors (Lipinski definition) is 5. The van der Waals surface area contributed by atoms with E-state index in [1.165, 1.54) is 12.1 Å². The Morgan fingerprint density at radius 1 is 1.33 bits per heavy atom. The van der Waals surface area contributed by atoms with Crippen molar-refractivity contribution in [1.29, 1.82) is 0 Å². The van der Waals surface area contributed by atoms with Gasteiger partial charge in [0.25, 0.3) is 0 Å². The van der Waals surface area contributed by atoms with Crippen LogP contribution in [0.2, 0.25) is 0 Å². The van der Waals surface area contributed by atoms with E-state index in [1.807, 2.05) is 11.8 Å². The molecule has 5 N–H and O–H groups in total. The van der Waals surface area contributed by atoms with Crippen LogP contribution in [0.3, 0.4) is 0 Å². The maximum absolute atomic E-state index is 14.8. The molecule has 1 aromatic heterocycles. The Labute approximate surface area is 222 Å². The molecule has 0 aliphatic carbocycles. The molecule has 1 fully saturated rings. The largest absolute Gasteiger partial charge is 0.547 e. The van der Waals surface area contributed by atoms with Gasteiger partial charge in [-0.2, -0.15) is 0 Å². The van der Waals surface area contributed by atoms with Gasteiger partial charge in [-0.1, -0.05) is 19.1 Å². The third kappa shape index (κ3) is 5.78. The van der Waals surface area contributed by atoms with E-state index in [1.54, 1.807) is 13.0 Å². The van der Waals surface area contributed by atoms with Gasteiger partial charge in [0.1, 0.15) is 17.2 Å². The Kier molecular flexibility index (Phi) is 8.02. The van der Waals surface area contributed by atoms with Crippen molar-refractivity contribution in [3.63, 3.8) is 0 Å². The van der Waals surface area contributed by atoms with Gasteiger partial charge >= 0.3 is 19.1 Å². The summed E-state index contributed by atoms with van der Waals surface area (Å²) in [7, 11) is -1.67. The first kappa shape index (κ1) is 27.8. The molecule has 3 heterocycles. The number of halogens is 1. The number of carbonyl (C=O) groups excluding carboxylic acids is 3. The number of nitrogens with zero attached hydrogens (tertiary/aromatic N) is 3. The predicted octanol–water partition coefficient (Wildman–Crippen LogP) is 0.0674.